The molecule has 0 N–H and O–H groups in total. The van der Waals surface area contributed by atoms with Crippen molar-refractivity contribution >= 4 is 40.4 Å². The number of nitrogens with zero attached hydrogens (tertiary/aromatic N) is 2. The molecule has 1 aliphatic rings. The Hall–Kier alpha value is -1.07. The van der Waals surface area contributed by atoms with E-state index in [0.717, 1.165) is 37.1 Å². The first-order valence-corrected chi connectivity index (χ1v) is 8.71. The number of piperazine rings is 1. The lowest BCUT2D eigenvalue weighted by molar-refractivity contribution is 0.0630. The molecule has 116 valence electrons. The molecule has 0 saturated carbocycles. The summed E-state index contributed by atoms with van der Waals surface area (Å²) in [6.45, 7) is 4.08. The van der Waals surface area contributed by atoms with Crippen LogP contribution >= 0.6 is 34.5 Å². The molecule has 1 saturated heterocycles. The van der Waals surface area contributed by atoms with Gasteiger partial charge in [-0.1, -0.05) is 35.3 Å². The van der Waals surface area contributed by atoms with Gasteiger partial charge < -0.3 is 4.90 Å². The van der Waals surface area contributed by atoms with E-state index in [2.05, 4.69) is 11.0 Å². The zero-order valence-corrected chi connectivity index (χ0v) is 14.3. The van der Waals surface area contributed by atoms with Crippen LogP contribution in [0.1, 0.15) is 15.2 Å². The molecule has 0 radical (unpaired) electrons. The second kappa shape index (κ2) is 7.01. The molecule has 3 nitrogen and oxygen atoms in total. The van der Waals surface area contributed by atoms with Gasteiger partial charge in [-0.05, 0) is 24.3 Å². The maximum absolute atomic E-state index is 12.5. The number of rotatable bonds is 3. The minimum atomic E-state index is 0.0180. The van der Waals surface area contributed by atoms with Gasteiger partial charge in [0.15, 0.2) is 0 Å². The molecule has 3 rings (SSSR count). The standard InChI is InChI=1S/C16H16Cl2N2OS/c17-14-4-2-1-3-13(14)16(21)20-9-7-19(8-10-20)11-12-5-6-15(18)22-12/h1-6H,7-11H2. The largest absolute Gasteiger partial charge is 0.336 e. The van der Waals surface area contributed by atoms with Crippen LogP contribution in [0, 0.1) is 0 Å². The van der Waals surface area contributed by atoms with Crippen LogP contribution in [0.2, 0.25) is 9.36 Å². The van der Waals surface area contributed by atoms with Gasteiger partial charge in [-0.2, -0.15) is 0 Å². The van der Waals surface area contributed by atoms with E-state index in [1.54, 1.807) is 23.5 Å². The second-order valence-corrected chi connectivity index (χ2v) is 7.46. The molecule has 6 heteroatoms. The second-order valence-electron chi connectivity index (χ2n) is 5.25. The van der Waals surface area contributed by atoms with Gasteiger partial charge >= 0.3 is 0 Å². The predicted molar refractivity (Wildman–Crippen MR) is 92.0 cm³/mol. The minimum absolute atomic E-state index is 0.0180. The van der Waals surface area contributed by atoms with Gasteiger partial charge in [0.25, 0.3) is 5.91 Å². The average molecular weight is 355 g/mol. The van der Waals surface area contributed by atoms with Crippen LogP contribution in [0.5, 0.6) is 0 Å². The topological polar surface area (TPSA) is 23.6 Å². The Bertz CT molecular complexity index is 666. The first-order chi connectivity index (χ1) is 10.6. The highest BCUT2D eigenvalue weighted by Crippen LogP contribution is 2.23. The Balaban J connectivity index is 1.57. The van der Waals surface area contributed by atoms with Crippen molar-refractivity contribution in [2.45, 2.75) is 6.54 Å². The maximum Gasteiger partial charge on any atom is 0.255 e. The molecule has 0 bridgehead atoms. The maximum atomic E-state index is 12.5. The van der Waals surface area contributed by atoms with E-state index in [1.165, 1.54) is 4.88 Å². The van der Waals surface area contributed by atoms with E-state index in [9.17, 15) is 4.79 Å². The van der Waals surface area contributed by atoms with Gasteiger partial charge in [0, 0.05) is 37.6 Å². The van der Waals surface area contributed by atoms with Crippen molar-refractivity contribution in [3.63, 3.8) is 0 Å². The van der Waals surface area contributed by atoms with Crippen LogP contribution in [0.25, 0.3) is 0 Å². The fraction of sp³-hybridized carbons (Fsp3) is 0.312. The van der Waals surface area contributed by atoms with E-state index in [4.69, 9.17) is 23.2 Å². The molecule has 0 atom stereocenters. The van der Waals surface area contributed by atoms with E-state index < -0.39 is 0 Å². The number of halogens is 2. The van der Waals surface area contributed by atoms with Crippen LogP contribution in [0.3, 0.4) is 0 Å². The molecular weight excluding hydrogens is 339 g/mol. The lowest BCUT2D eigenvalue weighted by atomic mass is 10.2. The van der Waals surface area contributed by atoms with Crippen molar-refractivity contribution in [1.29, 1.82) is 0 Å². The van der Waals surface area contributed by atoms with E-state index >= 15 is 0 Å². The Morgan fingerprint density at radius 1 is 1.05 bits per heavy atom. The van der Waals surface area contributed by atoms with Gasteiger partial charge in [0.1, 0.15) is 0 Å². The van der Waals surface area contributed by atoms with Crippen LogP contribution in [0.4, 0.5) is 0 Å². The number of carbonyl (C=O) groups excluding carboxylic acids is 1. The van der Waals surface area contributed by atoms with Crippen molar-refractivity contribution in [2.24, 2.45) is 0 Å². The molecule has 0 spiro atoms. The Kier molecular flexibility index (Phi) is 5.03. The third-order valence-corrected chi connectivity index (χ3v) is 5.32. The molecule has 22 heavy (non-hydrogen) atoms. The smallest absolute Gasteiger partial charge is 0.255 e. The number of hydrogen-bond acceptors (Lipinski definition) is 3. The summed E-state index contributed by atoms with van der Waals surface area (Å²) in [5.41, 5.74) is 0.586. The summed E-state index contributed by atoms with van der Waals surface area (Å²) in [6, 6.07) is 11.2. The number of benzene rings is 1. The third kappa shape index (κ3) is 3.63. The van der Waals surface area contributed by atoms with E-state index in [0.29, 0.717) is 10.6 Å². The zero-order chi connectivity index (χ0) is 15.5. The van der Waals surface area contributed by atoms with Crippen molar-refractivity contribution in [3.05, 3.63) is 56.2 Å². The van der Waals surface area contributed by atoms with Gasteiger partial charge in [-0.25, -0.2) is 0 Å². The normalized spacial score (nSPS) is 16.0. The summed E-state index contributed by atoms with van der Waals surface area (Å²) in [4.78, 5) is 18.0. The van der Waals surface area contributed by atoms with Crippen LogP contribution < -0.4 is 0 Å². The summed E-state index contributed by atoms with van der Waals surface area (Å²) in [5, 5.41) is 0.517. The number of hydrogen-bond donors (Lipinski definition) is 0. The van der Waals surface area contributed by atoms with Crippen LogP contribution in [0.15, 0.2) is 36.4 Å². The first-order valence-electron chi connectivity index (χ1n) is 7.14. The third-order valence-electron chi connectivity index (χ3n) is 3.77. The van der Waals surface area contributed by atoms with Crippen LogP contribution in [-0.2, 0) is 6.54 Å². The molecule has 1 amide bonds. The quantitative estimate of drug-likeness (QED) is 0.831. The Morgan fingerprint density at radius 2 is 1.77 bits per heavy atom. The van der Waals surface area contributed by atoms with Crippen molar-refractivity contribution in [3.8, 4) is 0 Å². The molecular formula is C16H16Cl2N2OS. The molecule has 1 aliphatic heterocycles. The van der Waals surface area contributed by atoms with E-state index in [1.807, 2.05) is 23.1 Å². The fourth-order valence-corrected chi connectivity index (χ4v) is 3.92. The molecule has 0 unspecified atom stereocenters. The lowest BCUT2D eigenvalue weighted by Gasteiger charge is -2.34. The molecule has 1 aromatic carbocycles. The monoisotopic (exact) mass is 354 g/mol. The first kappa shape index (κ1) is 15.8. The number of carbonyl (C=O) groups is 1. The lowest BCUT2D eigenvalue weighted by Crippen LogP contribution is -2.48. The molecule has 2 heterocycles. The number of thiophene rings is 1. The van der Waals surface area contributed by atoms with Crippen molar-refractivity contribution in [1.82, 2.24) is 9.80 Å². The van der Waals surface area contributed by atoms with Gasteiger partial charge in [-0.15, -0.1) is 11.3 Å². The van der Waals surface area contributed by atoms with Gasteiger partial charge in [0.2, 0.25) is 0 Å². The van der Waals surface area contributed by atoms with Crippen LogP contribution in [-0.4, -0.2) is 41.9 Å². The summed E-state index contributed by atoms with van der Waals surface area (Å²) < 4.78 is 0.822. The molecule has 1 fully saturated rings. The summed E-state index contributed by atoms with van der Waals surface area (Å²) in [7, 11) is 0. The summed E-state index contributed by atoms with van der Waals surface area (Å²) in [5.74, 6) is 0.0180. The van der Waals surface area contributed by atoms with Crippen molar-refractivity contribution in [2.75, 3.05) is 26.2 Å². The molecule has 0 aliphatic carbocycles. The SMILES string of the molecule is O=C(c1ccccc1Cl)N1CCN(Cc2ccc(Cl)s2)CC1. The predicted octanol–water partition coefficient (Wildman–Crippen LogP) is 4.01. The van der Waals surface area contributed by atoms with Gasteiger partial charge in [0.05, 0.1) is 14.9 Å². The summed E-state index contributed by atoms with van der Waals surface area (Å²) >= 11 is 13.7. The minimum Gasteiger partial charge on any atom is -0.336 e. The average Bonchev–Trinajstić information content (AvgIpc) is 2.93. The van der Waals surface area contributed by atoms with Gasteiger partial charge in [-0.3, -0.25) is 9.69 Å². The molecule has 1 aromatic heterocycles. The zero-order valence-electron chi connectivity index (χ0n) is 12.0. The number of amides is 1. The summed E-state index contributed by atoms with van der Waals surface area (Å²) in [6.07, 6.45) is 0. The Morgan fingerprint density at radius 3 is 2.41 bits per heavy atom. The van der Waals surface area contributed by atoms with Crippen molar-refractivity contribution < 1.29 is 4.79 Å². The molecule has 2 aromatic rings. The van der Waals surface area contributed by atoms with E-state index in [-0.39, 0.29) is 5.91 Å². The Labute approximate surface area is 144 Å². The highest BCUT2D eigenvalue weighted by Gasteiger charge is 2.23. The highest BCUT2D eigenvalue weighted by atomic mass is 35.5. The highest BCUT2D eigenvalue weighted by molar-refractivity contribution is 7.16. The fourth-order valence-electron chi connectivity index (χ4n) is 2.57.